The normalized spacial score (nSPS) is 14.9. The molecule has 2 amide bonds. The molecule has 1 fully saturated rings. The number of benzene rings is 6. The van der Waals surface area contributed by atoms with Crippen LogP contribution in [0.2, 0.25) is 0 Å². The molecule has 6 aromatic rings. The van der Waals surface area contributed by atoms with E-state index in [0.29, 0.717) is 64.2 Å². The van der Waals surface area contributed by atoms with Crippen molar-refractivity contribution in [1.29, 1.82) is 0 Å². The molecule has 6 heteroatoms. The Labute approximate surface area is 349 Å². The van der Waals surface area contributed by atoms with E-state index >= 15 is 9.59 Å². The lowest BCUT2D eigenvalue weighted by atomic mass is 9.76. The van der Waals surface area contributed by atoms with Crippen LogP contribution < -0.4 is 10.6 Å². The molecule has 0 saturated heterocycles. The van der Waals surface area contributed by atoms with Gasteiger partial charge in [-0.15, -0.1) is 0 Å². The van der Waals surface area contributed by atoms with Crippen molar-refractivity contribution in [3.05, 3.63) is 215 Å². The molecule has 4 N–H and O–H groups in total. The molecule has 59 heavy (non-hydrogen) atoms. The molecule has 302 valence electrons. The fourth-order valence-electron chi connectivity index (χ4n) is 8.99. The molecule has 2 atom stereocenters. The van der Waals surface area contributed by atoms with E-state index in [-0.39, 0.29) is 11.8 Å². The van der Waals surface area contributed by atoms with Crippen LogP contribution in [0.5, 0.6) is 0 Å². The maximum Gasteiger partial charge on any atom is 0.236 e. The van der Waals surface area contributed by atoms with Gasteiger partial charge in [-0.2, -0.15) is 0 Å². The van der Waals surface area contributed by atoms with E-state index in [0.717, 1.165) is 33.4 Å². The number of amides is 2. The summed E-state index contributed by atoms with van der Waals surface area (Å²) < 4.78 is 0. The lowest BCUT2D eigenvalue weighted by Gasteiger charge is -2.41. The van der Waals surface area contributed by atoms with Gasteiger partial charge in [0.25, 0.3) is 0 Å². The van der Waals surface area contributed by atoms with Crippen LogP contribution in [0.4, 0.5) is 0 Å². The fourth-order valence-corrected chi connectivity index (χ4v) is 8.99. The molecule has 0 bridgehead atoms. The first-order valence-electron chi connectivity index (χ1n) is 21.0. The van der Waals surface area contributed by atoms with Gasteiger partial charge in [-0.3, -0.25) is 9.59 Å². The number of rotatable bonds is 18. The van der Waals surface area contributed by atoms with Crippen molar-refractivity contribution in [2.75, 3.05) is 0 Å². The largest absolute Gasteiger partial charge is 0.387 e. The van der Waals surface area contributed by atoms with E-state index in [1.165, 1.54) is 0 Å². The van der Waals surface area contributed by atoms with Gasteiger partial charge in [0.15, 0.2) is 0 Å². The molecule has 6 nitrogen and oxygen atoms in total. The Morgan fingerprint density at radius 2 is 0.661 bits per heavy atom. The zero-order chi connectivity index (χ0) is 41.0. The molecule has 0 radical (unpaired) electrons. The summed E-state index contributed by atoms with van der Waals surface area (Å²) in [4.78, 5) is 30.4. The molecular weight excluding hydrogens is 729 g/mol. The minimum atomic E-state index is -1.41. The third kappa shape index (κ3) is 10.6. The van der Waals surface area contributed by atoms with Crippen LogP contribution in [0, 0.1) is 5.41 Å². The van der Waals surface area contributed by atoms with Crippen LogP contribution in [-0.4, -0.2) is 45.3 Å². The predicted octanol–water partition coefficient (Wildman–Crippen LogP) is 8.43. The van der Waals surface area contributed by atoms with E-state index in [9.17, 15) is 10.2 Å². The summed E-state index contributed by atoms with van der Waals surface area (Å²) >= 11 is 0. The summed E-state index contributed by atoms with van der Waals surface area (Å²) in [5.74, 6) is -0.776. The van der Waals surface area contributed by atoms with Crippen LogP contribution in [0.1, 0.15) is 59.1 Å². The van der Waals surface area contributed by atoms with Crippen molar-refractivity contribution in [1.82, 2.24) is 10.6 Å². The van der Waals surface area contributed by atoms with Crippen molar-refractivity contribution < 1.29 is 19.8 Å². The monoisotopic (exact) mass is 784 g/mol. The Hall–Kier alpha value is -5.82. The van der Waals surface area contributed by atoms with Crippen LogP contribution in [0.3, 0.4) is 0 Å². The van der Waals surface area contributed by atoms with E-state index in [1.807, 2.05) is 182 Å². The molecule has 0 spiro atoms. The first-order chi connectivity index (χ1) is 28.7. The lowest BCUT2D eigenvalue weighted by molar-refractivity contribution is -0.147. The summed E-state index contributed by atoms with van der Waals surface area (Å²) in [5, 5.41) is 32.7. The Balaban J connectivity index is 1.24. The number of hydrogen-bond acceptors (Lipinski definition) is 4. The smallest absolute Gasteiger partial charge is 0.236 e. The predicted molar refractivity (Wildman–Crippen MR) is 236 cm³/mol. The average molecular weight is 785 g/mol. The molecule has 1 aliphatic carbocycles. The van der Waals surface area contributed by atoms with Gasteiger partial charge in [0.2, 0.25) is 11.8 Å². The molecule has 7 rings (SSSR count). The molecule has 0 aliphatic heterocycles. The third-order valence-electron chi connectivity index (χ3n) is 12.2. The van der Waals surface area contributed by atoms with E-state index < -0.39 is 28.7 Å². The second kappa shape index (κ2) is 19.3. The molecule has 1 saturated carbocycles. The van der Waals surface area contributed by atoms with Gasteiger partial charge in [0.05, 0.1) is 23.3 Å². The summed E-state index contributed by atoms with van der Waals surface area (Å²) in [5.41, 5.74) is 1.52. The van der Waals surface area contributed by atoms with Crippen molar-refractivity contribution in [3.63, 3.8) is 0 Å². The Morgan fingerprint density at radius 1 is 0.424 bits per heavy atom. The molecule has 0 aromatic heterocycles. The van der Waals surface area contributed by atoms with Crippen molar-refractivity contribution in [2.24, 2.45) is 5.41 Å². The van der Waals surface area contributed by atoms with Gasteiger partial charge in [-0.1, -0.05) is 195 Å². The fraction of sp³-hybridized carbons (Fsp3) is 0.283. The highest BCUT2D eigenvalue weighted by atomic mass is 16.3. The number of nitrogens with one attached hydrogen (secondary N) is 2. The number of carbonyl (C=O) groups is 2. The van der Waals surface area contributed by atoms with Gasteiger partial charge in [-0.05, 0) is 59.1 Å². The zero-order valence-electron chi connectivity index (χ0n) is 33.8. The summed E-state index contributed by atoms with van der Waals surface area (Å²) in [6, 6.07) is 57.9. The highest BCUT2D eigenvalue weighted by Gasteiger charge is 2.52. The maximum atomic E-state index is 15.2. The zero-order valence-corrected chi connectivity index (χ0v) is 33.8. The number of hydrogen-bond donors (Lipinski definition) is 4. The second-order valence-corrected chi connectivity index (χ2v) is 16.6. The van der Waals surface area contributed by atoms with E-state index in [1.54, 1.807) is 0 Å². The molecular formula is C53H56N2O4. The van der Waals surface area contributed by atoms with Crippen LogP contribution in [0.25, 0.3) is 0 Å². The summed E-state index contributed by atoms with van der Waals surface area (Å²) in [7, 11) is 0. The maximum absolute atomic E-state index is 15.2. The van der Waals surface area contributed by atoms with Gasteiger partial charge in [0, 0.05) is 25.7 Å². The summed E-state index contributed by atoms with van der Waals surface area (Å²) in [6.07, 6.45) is 4.08. The minimum absolute atomic E-state index is 0.296. The quantitative estimate of drug-likeness (QED) is 0.0658. The first-order valence-corrected chi connectivity index (χ1v) is 21.0. The Kier molecular flexibility index (Phi) is 13.5. The van der Waals surface area contributed by atoms with Crippen molar-refractivity contribution in [3.8, 4) is 0 Å². The Bertz CT molecular complexity index is 1960. The standard InChI is InChI=1S/C53H56N2O4/c56-49(54-47(35-41-21-7-1-8-22-41)52(58,37-43-25-11-3-12-26-43)38-44-27-13-4-14-28-44)51(33-19-20-34-51)50(57)55-48(36-42-23-9-2-10-24-42)53(59,39-45-29-15-5-16-30-45)40-46-31-17-6-18-32-46/h1-18,21-32,47-48,58-59H,19-20,33-40H2,(H,54,56)(H,55,57)/t47-,48-/m1/s1. The van der Waals surface area contributed by atoms with Gasteiger partial charge in [-0.25, -0.2) is 0 Å². The van der Waals surface area contributed by atoms with Crippen LogP contribution in [0.15, 0.2) is 182 Å². The second-order valence-electron chi connectivity index (χ2n) is 16.6. The Morgan fingerprint density at radius 3 is 0.915 bits per heavy atom. The van der Waals surface area contributed by atoms with Crippen LogP contribution in [-0.2, 0) is 48.1 Å². The number of aliphatic hydroxyl groups is 2. The van der Waals surface area contributed by atoms with Gasteiger partial charge in [0.1, 0.15) is 5.41 Å². The SMILES string of the molecule is O=C(N[C@H](Cc1ccccc1)C(O)(Cc1ccccc1)Cc1ccccc1)C1(C(=O)N[C@H](Cc2ccccc2)C(O)(Cc2ccccc2)Cc2ccccc2)CCCC1. The number of carbonyl (C=O) groups excluding carboxylic acids is 2. The van der Waals surface area contributed by atoms with Gasteiger partial charge >= 0.3 is 0 Å². The van der Waals surface area contributed by atoms with Crippen molar-refractivity contribution in [2.45, 2.75) is 87.5 Å². The molecule has 0 heterocycles. The topological polar surface area (TPSA) is 98.7 Å². The first kappa shape index (κ1) is 41.3. The average Bonchev–Trinajstić information content (AvgIpc) is 3.77. The molecule has 1 aliphatic rings. The molecule has 6 aromatic carbocycles. The van der Waals surface area contributed by atoms with Crippen LogP contribution >= 0.6 is 0 Å². The highest BCUT2D eigenvalue weighted by molar-refractivity contribution is 6.05. The third-order valence-corrected chi connectivity index (χ3v) is 12.2. The minimum Gasteiger partial charge on any atom is -0.387 e. The van der Waals surface area contributed by atoms with E-state index in [2.05, 4.69) is 10.6 Å². The van der Waals surface area contributed by atoms with Gasteiger partial charge < -0.3 is 20.8 Å². The lowest BCUT2D eigenvalue weighted by Crippen LogP contribution is -2.63. The highest BCUT2D eigenvalue weighted by Crippen LogP contribution is 2.40. The van der Waals surface area contributed by atoms with E-state index in [4.69, 9.17) is 0 Å². The molecule has 0 unspecified atom stereocenters. The summed E-state index contributed by atoms with van der Waals surface area (Å²) in [6.45, 7) is 0. The van der Waals surface area contributed by atoms with Crippen molar-refractivity contribution >= 4 is 11.8 Å².